The molecule has 1 aromatic carbocycles. The SMILES string of the molecule is Cc1c(C(C)NC(=O)c2ccnc(C3CC3)n2)oc2ccc(F)cc12. The van der Waals surface area contributed by atoms with Gasteiger partial charge in [-0.1, -0.05) is 0 Å². The van der Waals surface area contributed by atoms with E-state index in [1.807, 2.05) is 13.8 Å². The summed E-state index contributed by atoms with van der Waals surface area (Å²) in [7, 11) is 0. The van der Waals surface area contributed by atoms with Crippen LogP contribution in [-0.4, -0.2) is 15.9 Å². The second kappa shape index (κ2) is 5.95. The third-order valence-corrected chi connectivity index (χ3v) is 4.53. The largest absolute Gasteiger partial charge is 0.459 e. The van der Waals surface area contributed by atoms with Crippen molar-refractivity contribution in [3.8, 4) is 0 Å². The van der Waals surface area contributed by atoms with Gasteiger partial charge >= 0.3 is 0 Å². The minimum atomic E-state index is -0.359. The molecular formula is C19H18FN3O2. The Morgan fingerprint density at radius 2 is 2.16 bits per heavy atom. The van der Waals surface area contributed by atoms with Gasteiger partial charge in [-0.15, -0.1) is 0 Å². The molecule has 1 fully saturated rings. The predicted molar refractivity (Wildman–Crippen MR) is 90.8 cm³/mol. The summed E-state index contributed by atoms with van der Waals surface area (Å²) >= 11 is 0. The summed E-state index contributed by atoms with van der Waals surface area (Å²) in [6.45, 7) is 3.70. The van der Waals surface area contributed by atoms with Crippen LogP contribution in [0.3, 0.4) is 0 Å². The number of rotatable bonds is 4. The quantitative estimate of drug-likeness (QED) is 0.779. The Morgan fingerprint density at radius 3 is 2.92 bits per heavy atom. The normalized spacial score (nSPS) is 15.3. The molecule has 0 bridgehead atoms. The summed E-state index contributed by atoms with van der Waals surface area (Å²) < 4.78 is 19.3. The second-order valence-corrected chi connectivity index (χ2v) is 6.50. The number of aryl methyl sites for hydroxylation is 1. The van der Waals surface area contributed by atoms with Gasteiger partial charge in [0.25, 0.3) is 5.91 Å². The molecule has 1 aliphatic rings. The number of furan rings is 1. The van der Waals surface area contributed by atoms with Gasteiger partial charge in [0.1, 0.15) is 28.7 Å². The molecule has 1 saturated carbocycles. The number of benzene rings is 1. The topological polar surface area (TPSA) is 68.0 Å². The molecule has 0 spiro atoms. The lowest BCUT2D eigenvalue weighted by molar-refractivity contribution is 0.0930. The highest BCUT2D eigenvalue weighted by Crippen LogP contribution is 2.37. The van der Waals surface area contributed by atoms with Crippen LogP contribution in [0.4, 0.5) is 4.39 Å². The first-order chi connectivity index (χ1) is 12.0. The number of nitrogens with one attached hydrogen (secondary N) is 1. The molecule has 128 valence electrons. The number of carbonyl (C=O) groups excluding carboxylic acids is 1. The monoisotopic (exact) mass is 339 g/mol. The van der Waals surface area contributed by atoms with Crippen LogP contribution in [0.25, 0.3) is 11.0 Å². The second-order valence-electron chi connectivity index (χ2n) is 6.50. The molecule has 0 aliphatic heterocycles. The van der Waals surface area contributed by atoms with E-state index < -0.39 is 0 Å². The van der Waals surface area contributed by atoms with Gasteiger partial charge in [-0.25, -0.2) is 14.4 Å². The van der Waals surface area contributed by atoms with Crippen LogP contribution in [0.15, 0.2) is 34.9 Å². The van der Waals surface area contributed by atoms with Crippen molar-refractivity contribution in [2.45, 2.75) is 38.6 Å². The van der Waals surface area contributed by atoms with Gasteiger partial charge in [0.15, 0.2) is 0 Å². The van der Waals surface area contributed by atoms with E-state index in [1.54, 1.807) is 18.3 Å². The molecule has 0 saturated heterocycles. The molecule has 1 aliphatic carbocycles. The lowest BCUT2D eigenvalue weighted by atomic mass is 10.1. The smallest absolute Gasteiger partial charge is 0.270 e. The molecule has 4 rings (SSSR count). The maximum atomic E-state index is 13.4. The molecule has 1 unspecified atom stereocenters. The van der Waals surface area contributed by atoms with Gasteiger partial charge in [0, 0.05) is 23.1 Å². The molecular weight excluding hydrogens is 321 g/mol. The van der Waals surface area contributed by atoms with Crippen LogP contribution in [-0.2, 0) is 0 Å². The number of amides is 1. The van der Waals surface area contributed by atoms with E-state index in [1.165, 1.54) is 12.1 Å². The molecule has 0 radical (unpaired) electrons. The van der Waals surface area contributed by atoms with Gasteiger partial charge in [-0.05, 0) is 51.0 Å². The van der Waals surface area contributed by atoms with Crippen molar-refractivity contribution in [2.24, 2.45) is 0 Å². The van der Waals surface area contributed by atoms with Crippen LogP contribution >= 0.6 is 0 Å². The van der Waals surface area contributed by atoms with E-state index in [9.17, 15) is 9.18 Å². The predicted octanol–water partition coefficient (Wildman–Crippen LogP) is 4.04. The summed E-state index contributed by atoms with van der Waals surface area (Å²) in [6.07, 6.45) is 3.78. The molecule has 2 aromatic heterocycles. The molecule has 3 aromatic rings. The van der Waals surface area contributed by atoms with Gasteiger partial charge < -0.3 is 9.73 Å². The van der Waals surface area contributed by atoms with Crippen molar-refractivity contribution >= 4 is 16.9 Å². The number of nitrogens with zero attached hydrogens (tertiary/aromatic N) is 2. The first-order valence-electron chi connectivity index (χ1n) is 8.35. The molecule has 1 amide bonds. The molecule has 1 N–H and O–H groups in total. The Balaban J connectivity index is 1.57. The third kappa shape index (κ3) is 2.99. The van der Waals surface area contributed by atoms with E-state index in [4.69, 9.17) is 4.42 Å². The Labute approximate surface area is 144 Å². The Bertz CT molecular complexity index is 962. The van der Waals surface area contributed by atoms with Gasteiger partial charge in [0.05, 0.1) is 6.04 Å². The Hall–Kier alpha value is -2.76. The Morgan fingerprint density at radius 1 is 1.36 bits per heavy atom. The van der Waals surface area contributed by atoms with Crippen LogP contribution in [0.1, 0.15) is 59.4 Å². The van der Waals surface area contributed by atoms with E-state index in [2.05, 4.69) is 15.3 Å². The summed E-state index contributed by atoms with van der Waals surface area (Å²) in [5.74, 6) is 1.15. The fraction of sp³-hybridized carbons (Fsp3) is 0.316. The van der Waals surface area contributed by atoms with Crippen molar-refractivity contribution < 1.29 is 13.6 Å². The minimum Gasteiger partial charge on any atom is -0.459 e. The molecule has 1 atom stereocenters. The summed E-state index contributed by atoms with van der Waals surface area (Å²) in [4.78, 5) is 21.1. The van der Waals surface area contributed by atoms with E-state index >= 15 is 0 Å². The molecule has 25 heavy (non-hydrogen) atoms. The lowest BCUT2D eigenvalue weighted by Crippen LogP contribution is -2.27. The molecule has 5 nitrogen and oxygen atoms in total. The fourth-order valence-electron chi connectivity index (χ4n) is 3.00. The maximum absolute atomic E-state index is 13.4. The molecule has 2 heterocycles. The van der Waals surface area contributed by atoms with Gasteiger partial charge in [-0.2, -0.15) is 0 Å². The average Bonchev–Trinajstić information content (AvgIpc) is 3.40. The average molecular weight is 339 g/mol. The number of carbonyl (C=O) groups is 1. The number of aromatic nitrogens is 2. The fourth-order valence-corrected chi connectivity index (χ4v) is 3.00. The van der Waals surface area contributed by atoms with Crippen LogP contribution in [0.5, 0.6) is 0 Å². The minimum absolute atomic E-state index is 0.275. The third-order valence-electron chi connectivity index (χ3n) is 4.53. The van der Waals surface area contributed by atoms with Crippen LogP contribution < -0.4 is 5.32 Å². The zero-order valence-corrected chi connectivity index (χ0v) is 14.0. The summed E-state index contributed by atoms with van der Waals surface area (Å²) in [5.41, 5.74) is 1.78. The highest BCUT2D eigenvalue weighted by molar-refractivity contribution is 5.92. The van der Waals surface area contributed by atoms with Crippen molar-refractivity contribution in [3.05, 3.63) is 59.1 Å². The number of hydrogen-bond acceptors (Lipinski definition) is 4. The Kier molecular flexibility index (Phi) is 3.75. The van der Waals surface area contributed by atoms with Crippen molar-refractivity contribution in [3.63, 3.8) is 0 Å². The first-order valence-corrected chi connectivity index (χ1v) is 8.35. The summed E-state index contributed by atoms with van der Waals surface area (Å²) in [6, 6.07) is 5.65. The van der Waals surface area contributed by atoms with Crippen molar-refractivity contribution in [1.29, 1.82) is 0 Å². The van der Waals surface area contributed by atoms with Crippen LogP contribution in [0.2, 0.25) is 0 Å². The van der Waals surface area contributed by atoms with Gasteiger partial charge in [0.2, 0.25) is 0 Å². The van der Waals surface area contributed by atoms with Crippen molar-refractivity contribution in [1.82, 2.24) is 15.3 Å². The highest BCUT2D eigenvalue weighted by Gasteiger charge is 2.27. The van der Waals surface area contributed by atoms with E-state index in [-0.39, 0.29) is 17.8 Å². The molecule has 6 heteroatoms. The van der Waals surface area contributed by atoms with E-state index in [0.29, 0.717) is 28.3 Å². The zero-order valence-electron chi connectivity index (χ0n) is 14.0. The lowest BCUT2D eigenvalue weighted by Gasteiger charge is -2.12. The van der Waals surface area contributed by atoms with Crippen molar-refractivity contribution in [2.75, 3.05) is 0 Å². The maximum Gasteiger partial charge on any atom is 0.270 e. The summed E-state index contributed by atoms with van der Waals surface area (Å²) in [5, 5.41) is 3.62. The van der Waals surface area contributed by atoms with Crippen LogP contribution in [0, 0.1) is 12.7 Å². The first kappa shape index (κ1) is 15.7. The highest BCUT2D eigenvalue weighted by atomic mass is 19.1. The number of halogens is 1. The standard InChI is InChI=1S/C19H18FN3O2/c1-10-14-9-13(20)5-6-16(14)25-17(10)11(2)22-19(24)15-7-8-21-18(23-15)12-3-4-12/h5-9,11-12H,3-4H2,1-2H3,(H,22,24). The zero-order chi connectivity index (χ0) is 17.6. The van der Waals surface area contributed by atoms with E-state index in [0.717, 1.165) is 24.2 Å². The number of fused-ring (bicyclic) bond motifs is 1. The van der Waals surface area contributed by atoms with Gasteiger partial charge in [-0.3, -0.25) is 4.79 Å². The number of hydrogen-bond donors (Lipinski definition) is 1.